The fraction of sp³-hybridized carbons (Fsp3) is 0.300. The highest BCUT2D eigenvalue weighted by Crippen LogP contribution is 2.18. The number of carbonyl (C=O) groups excluding carboxylic acids is 1. The van der Waals surface area contributed by atoms with Crippen molar-refractivity contribution in [2.45, 2.75) is 13.3 Å². The molecule has 0 aromatic heterocycles. The van der Waals surface area contributed by atoms with Crippen LogP contribution in [-0.4, -0.2) is 12.5 Å². The molecule has 76 valence electrons. The van der Waals surface area contributed by atoms with E-state index >= 15 is 0 Å². The summed E-state index contributed by atoms with van der Waals surface area (Å²) < 4.78 is 17.9. The number of carbonyl (C=O) groups is 1. The Kier molecular flexibility index (Phi) is 3.45. The van der Waals surface area contributed by atoms with Crippen molar-refractivity contribution in [1.29, 1.82) is 0 Å². The number of aryl methyl sites for hydroxylation is 1. The molecule has 1 rings (SSSR count). The maximum Gasteiger partial charge on any atom is 0.220 e. The van der Waals surface area contributed by atoms with Crippen LogP contribution in [0.15, 0.2) is 18.2 Å². The van der Waals surface area contributed by atoms with Gasteiger partial charge in [-0.05, 0) is 18.6 Å². The minimum Gasteiger partial charge on any atom is -0.493 e. The van der Waals surface area contributed by atoms with E-state index in [4.69, 9.17) is 10.5 Å². The summed E-state index contributed by atoms with van der Waals surface area (Å²) in [4.78, 5) is 10.4. The third kappa shape index (κ3) is 3.05. The molecule has 0 aliphatic carbocycles. The molecular formula is C10H12FNO2. The predicted octanol–water partition coefficient (Wildman–Crippen LogP) is 1.39. The lowest BCUT2D eigenvalue weighted by Crippen LogP contribution is -2.14. The van der Waals surface area contributed by atoms with Gasteiger partial charge in [-0.2, -0.15) is 0 Å². The molecule has 2 N–H and O–H groups in total. The van der Waals surface area contributed by atoms with E-state index in [1.165, 1.54) is 12.1 Å². The second-order valence-corrected chi connectivity index (χ2v) is 2.97. The minimum absolute atomic E-state index is 0.135. The number of ether oxygens (including phenoxy) is 1. The Labute approximate surface area is 81.7 Å². The zero-order valence-electron chi connectivity index (χ0n) is 7.92. The molecule has 14 heavy (non-hydrogen) atoms. The van der Waals surface area contributed by atoms with Crippen molar-refractivity contribution in [2.75, 3.05) is 6.61 Å². The number of benzene rings is 1. The van der Waals surface area contributed by atoms with Crippen LogP contribution >= 0.6 is 0 Å². The SMILES string of the molecule is Cc1ccc(F)cc1OCCC(N)=O. The van der Waals surface area contributed by atoms with E-state index < -0.39 is 5.91 Å². The van der Waals surface area contributed by atoms with Crippen molar-refractivity contribution < 1.29 is 13.9 Å². The topological polar surface area (TPSA) is 52.3 Å². The van der Waals surface area contributed by atoms with Crippen LogP contribution in [-0.2, 0) is 4.79 Å². The maximum atomic E-state index is 12.8. The highest BCUT2D eigenvalue weighted by molar-refractivity contribution is 5.73. The molecule has 0 fully saturated rings. The molecule has 1 aromatic carbocycles. The normalized spacial score (nSPS) is 9.86. The van der Waals surface area contributed by atoms with E-state index in [2.05, 4.69) is 0 Å². The molecule has 0 bridgehead atoms. The molecule has 1 amide bonds. The summed E-state index contributed by atoms with van der Waals surface area (Å²) >= 11 is 0. The molecule has 0 aliphatic heterocycles. The summed E-state index contributed by atoms with van der Waals surface area (Å²) in [6.45, 7) is 1.98. The first-order valence-electron chi connectivity index (χ1n) is 4.27. The summed E-state index contributed by atoms with van der Waals surface area (Å²) in [5.41, 5.74) is 5.76. The number of amides is 1. The minimum atomic E-state index is -0.431. The van der Waals surface area contributed by atoms with Gasteiger partial charge in [0.1, 0.15) is 11.6 Å². The number of halogens is 1. The number of hydrogen-bond donors (Lipinski definition) is 1. The second kappa shape index (κ2) is 4.60. The van der Waals surface area contributed by atoms with Crippen LogP contribution in [0.1, 0.15) is 12.0 Å². The standard InChI is InChI=1S/C10H12FNO2/c1-7-2-3-8(11)6-9(7)14-5-4-10(12)13/h2-3,6H,4-5H2,1H3,(H2,12,13). The Morgan fingerprint density at radius 3 is 2.93 bits per heavy atom. The van der Waals surface area contributed by atoms with Gasteiger partial charge in [0.15, 0.2) is 0 Å². The average molecular weight is 197 g/mol. The van der Waals surface area contributed by atoms with Crippen molar-refractivity contribution in [2.24, 2.45) is 5.73 Å². The number of rotatable bonds is 4. The van der Waals surface area contributed by atoms with Gasteiger partial charge >= 0.3 is 0 Å². The molecule has 0 heterocycles. The lowest BCUT2D eigenvalue weighted by atomic mass is 10.2. The maximum absolute atomic E-state index is 12.8. The van der Waals surface area contributed by atoms with Crippen molar-refractivity contribution in [3.05, 3.63) is 29.6 Å². The Morgan fingerprint density at radius 2 is 2.29 bits per heavy atom. The molecule has 0 saturated carbocycles. The summed E-state index contributed by atoms with van der Waals surface area (Å²) in [6.07, 6.45) is 0.135. The number of nitrogens with two attached hydrogens (primary N) is 1. The molecule has 4 heteroatoms. The van der Waals surface area contributed by atoms with E-state index in [1.807, 2.05) is 0 Å². The van der Waals surface area contributed by atoms with Gasteiger partial charge in [0.25, 0.3) is 0 Å². The summed E-state index contributed by atoms with van der Waals surface area (Å²) in [5.74, 6) is -0.338. The van der Waals surface area contributed by atoms with Gasteiger partial charge in [-0.25, -0.2) is 4.39 Å². The Balaban J connectivity index is 2.57. The molecule has 1 aromatic rings. The van der Waals surface area contributed by atoms with Gasteiger partial charge in [-0.1, -0.05) is 6.07 Å². The van der Waals surface area contributed by atoms with Crippen LogP contribution in [0.4, 0.5) is 4.39 Å². The van der Waals surface area contributed by atoms with E-state index in [0.29, 0.717) is 5.75 Å². The van der Waals surface area contributed by atoms with Gasteiger partial charge < -0.3 is 10.5 Å². The predicted molar refractivity (Wildman–Crippen MR) is 50.4 cm³/mol. The zero-order chi connectivity index (χ0) is 10.6. The number of primary amides is 1. The lowest BCUT2D eigenvalue weighted by molar-refractivity contribution is -0.118. The van der Waals surface area contributed by atoms with Crippen LogP contribution in [0.2, 0.25) is 0 Å². The van der Waals surface area contributed by atoms with Crippen molar-refractivity contribution in [3.63, 3.8) is 0 Å². The van der Waals surface area contributed by atoms with Crippen molar-refractivity contribution in [1.82, 2.24) is 0 Å². The second-order valence-electron chi connectivity index (χ2n) is 2.97. The highest BCUT2D eigenvalue weighted by Gasteiger charge is 2.02. The third-order valence-corrected chi connectivity index (χ3v) is 1.76. The fourth-order valence-electron chi connectivity index (χ4n) is 0.991. The van der Waals surface area contributed by atoms with Crippen LogP contribution in [0.5, 0.6) is 5.75 Å². The molecule has 0 atom stereocenters. The average Bonchev–Trinajstić information content (AvgIpc) is 2.10. The Bertz CT molecular complexity index is 339. The molecule has 3 nitrogen and oxygen atoms in total. The van der Waals surface area contributed by atoms with Gasteiger partial charge in [-0.15, -0.1) is 0 Å². The quantitative estimate of drug-likeness (QED) is 0.792. The Hall–Kier alpha value is -1.58. The lowest BCUT2D eigenvalue weighted by Gasteiger charge is -2.07. The highest BCUT2D eigenvalue weighted by atomic mass is 19.1. The van der Waals surface area contributed by atoms with Gasteiger partial charge in [-0.3, -0.25) is 4.79 Å². The van der Waals surface area contributed by atoms with Gasteiger partial charge in [0.05, 0.1) is 13.0 Å². The van der Waals surface area contributed by atoms with E-state index in [9.17, 15) is 9.18 Å². The van der Waals surface area contributed by atoms with Gasteiger partial charge in [0, 0.05) is 6.07 Å². The van der Waals surface area contributed by atoms with Crippen LogP contribution < -0.4 is 10.5 Å². The molecule has 0 radical (unpaired) electrons. The summed E-state index contributed by atoms with van der Waals surface area (Å²) in [5, 5.41) is 0. The summed E-state index contributed by atoms with van der Waals surface area (Å²) in [6, 6.07) is 4.27. The molecule has 0 aliphatic rings. The van der Waals surface area contributed by atoms with Crippen LogP contribution in [0, 0.1) is 12.7 Å². The smallest absolute Gasteiger partial charge is 0.220 e. The third-order valence-electron chi connectivity index (χ3n) is 1.76. The van der Waals surface area contributed by atoms with Crippen LogP contribution in [0.3, 0.4) is 0 Å². The molecule has 0 unspecified atom stereocenters. The van der Waals surface area contributed by atoms with E-state index in [-0.39, 0.29) is 18.8 Å². The fourth-order valence-corrected chi connectivity index (χ4v) is 0.991. The monoisotopic (exact) mass is 197 g/mol. The first-order chi connectivity index (χ1) is 6.59. The van der Waals surface area contributed by atoms with Crippen LogP contribution in [0.25, 0.3) is 0 Å². The van der Waals surface area contributed by atoms with Crippen molar-refractivity contribution >= 4 is 5.91 Å². The largest absolute Gasteiger partial charge is 0.493 e. The van der Waals surface area contributed by atoms with E-state index in [0.717, 1.165) is 5.56 Å². The zero-order valence-corrected chi connectivity index (χ0v) is 7.92. The number of hydrogen-bond acceptors (Lipinski definition) is 2. The Morgan fingerprint density at radius 1 is 1.57 bits per heavy atom. The van der Waals surface area contributed by atoms with E-state index in [1.54, 1.807) is 13.0 Å². The first kappa shape index (κ1) is 10.5. The molecule has 0 saturated heterocycles. The molecule has 0 spiro atoms. The summed E-state index contributed by atoms with van der Waals surface area (Å²) in [7, 11) is 0. The molecular weight excluding hydrogens is 185 g/mol. The van der Waals surface area contributed by atoms with Gasteiger partial charge in [0.2, 0.25) is 5.91 Å². The van der Waals surface area contributed by atoms with Crippen molar-refractivity contribution in [3.8, 4) is 5.75 Å². The first-order valence-corrected chi connectivity index (χ1v) is 4.27.